The predicted molar refractivity (Wildman–Crippen MR) is 227 cm³/mol. The summed E-state index contributed by atoms with van der Waals surface area (Å²) in [6, 6.07) is 12.8. The fourth-order valence-corrected chi connectivity index (χ4v) is 9.30. The van der Waals surface area contributed by atoms with Crippen LogP contribution < -0.4 is 10.1 Å². The Balaban J connectivity index is 0.000000287. The van der Waals surface area contributed by atoms with E-state index in [1.807, 2.05) is 50.4 Å². The number of ether oxygens (including phenoxy) is 5. The molecule has 2 aromatic carbocycles. The SMILES string of the molecule is Cc1nc(COc2ccc(C[C@H](NC(=O)OC(C)(C)C)[C@H](O)CN(CC(C)C)S(=O)(=O)c3ccc4occc4c3)cc2)cs1.O=C(O[C@H]1COC2OCCC21)ON1C(=O)CCC1=O. The van der Waals surface area contributed by atoms with Gasteiger partial charge in [0.05, 0.1) is 53.1 Å². The molecule has 0 spiro atoms. The third kappa shape index (κ3) is 13.0. The second kappa shape index (κ2) is 20.6. The number of carbonyl (C=O) groups excluding carboxylic acids is 4. The standard InChI is InChI=1S/C32H41N3O7S2.C11H13NO7/c1-21(2)17-35(44(38,39)27-11-12-30-24(16-27)13-14-40-30)18-29(36)28(34-31(37)42-32(4,5)6)15-23-7-9-26(10-8-23)41-19-25-20-43-22(3)33-25;13-8-1-2-9(14)12(8)19-11(15)18-7-5-17-10-6(7)3-4-16-10/h7-14,16,20-21,28-29,36H,15,17-19H2,1-6H3,(H,34,37);6-7,10H,1-5H2/t28-,29+;6?,7-,10?/m00/s1. The third-order valence-electron chi connectivity index (χ3n) is 10.0. The third-order valence-corrected chi connectivity index (χ3v) is 12.7. The molecule has 2 unspecified atom stereocenters. The number of nitrogens with zero attached hydrogens (tertiary/aromatic N) is 3. The maximum atomic E-state index is 13.8. The van der Waals surface area contributed by atoms with Gasteiger partial charge in [0.25, 0.3) is 11.8 Å². The first kappa shape index (κ1) is 47.4. The lowest BCUT2D eigenvalue weighted by Crippen LogP contribution is -2.51. The highest BCUT2D eigenvalue weighted by Crippen LogP contribution is 2.33. The van der Waals surface area contributed by atoms with E-state index in [4.69, 9.17) is 28.1 Å². The molecule has 20 heteroatoms. The van der Waals surface area contributed by atoms with Gasteiger partial charge in [0.15, 0.2) is 6.29 Å². The number of carbonyl (C=O) groups is 4. The average Bonchev–Trinajstić information content (AvgIpc) is 4.07. The Kier molecular flexibility index (Phi) is 15.5. The van der Waals surface area contributed by atoms with E-state index >= 15 is 0 Å². The number of sulfonamides is 1. The van der Waals surface area contributed by atoms with Gasteiger partial charge in [-0.15, -0.1) is 11.3 Å². The number of benzene rings is 2. The summed E-state index contributed by atoms with van der Waals surface area (Å²) in [6.07, 6.45) is -1.25. The van der Waals surface area contributed by atoms with E-state index in [1.54, 1.807) is 50.3 Å². The number of imide groups is 1. The molecule has 0 bridgehead atoms. The fraction of sp³-hybridized carbons (Fsp3) is 0.512. The van der Waals surface area contributed by atoms with Crippen LogP contribution in [0.4, 0.5) is 9.59 Å². The highest BCUT2D eigenvalue weighted by molar-refractivity contribution is 7.89. The Bertz CT molecular complexity index is 2310. The number of aromatic nitrogens is 1. The van der Waals surface area contributed by atoms with Gasteiger partial charge in [-0.1, -0.05) is 31.0 Å². The van der Waals surface area contributed by atoms with Gasteiger partial charge in [0.2, 0.25) is 10.0 Å². The summed E-state index contributed by atoms with van der Waals surface area (Å²) in [6.45, 7) is 12.1. The zero-order chi connectivity index (χ0) is 45.5. The number of amides is 3. The molecule has 63 heavy (non-hydrogen) atoms. The number of hydroxylamine groups is 2. The fourth-order valence-electron chi connectivity index (χ4n) is 7.04. The Morgan fingerprint density at radius 3 is 2.44 bits per heavy atom. The molecule has 2 aromatic heterocycles. The van der Waals surface area contributed by atoms with Crippen molar-refractivity contribution >= 4 is 56.4 Å². The first-order valence-electron chi connectivity index (χ1n) is 20.6. The van der Waals surface area contributed by atoms with Crippen molar-refractivity contribution < 1.29 is 65.6 Å². The van der Waals surface area contributed by atoms with Gasteiger partial charge in [-0.05, 0) is 88.4 Å². The summed E-state index contributed by atoms with van der Waals surface area (Å²) in [5, 5.41) is 18.3. The summed E-state index contributed by atoms with van der Waals surface area (Å²) < 4.78 is 61.2. The maximum Gasteiger partial charge on any atom is 0.534 e. The minimum atomic E-state index is -3.99. The van der Waals surface area contributed by atoms with Gasteiger partial charge in [-0.25, -0.2) is 23.0 Å². The van der Waals surface area contributed by atoms with Crippen LogP contribution >= 0.6 is 11.3 Å². The first-order valence-corrected chi connectivity index (χ1v) is 22.9. The van der Waals surface area contributed by atoms with Crippen LogP contribution in [-0.4, -0.2) is 108 Å². The van der Waals surface area contributed by atoms with Crippen LogP contribution in [0.25, 0.3) is 11.0 Å². The largest absolute Gasteiger partial charge is 0.534 e. The number of hydrogen-bond donors (Lipinski definition) is 2. The quantitative estimate of drug-likeness (QED) is 0.105. The number of nitrogens with one attached hydrogen (secondary N) is 1. The molecule has 3 amide bonds. The number of hydrogen-bond acceptors (Lipinski definition) is 16. The summed E-state index contributed by atoms with van der Waals surface area (Å²) >= 11 is 1.56. The molecule has 0 radical (unpaired) electrons. The number of rotatable bonds is 15. The summed E-state index contributed by atoms with van der Waals surface area (Å²) in [7, 11) is -3.99. The molecule has 3 saturated heterocycles. The summed E-state index contributed by atoms with van der Waals surface area (Å²) in [5.41, 5.74) is 1.49. The second-order valence-electron chi connectivity index (χ2n) is 16.8. The zero-order valence-electron chi connectivity index (χ0n) is 36.0. The van der Waals surface area contributed by atoms with Crippen LogP contribution in [0.2, 0.25) is 0 Å². The smallest absolute Gasteiger partial charge is 0.487 e. The normalized spacial score (nSPS) is 19.8. The number of thiazole rings is 1. The van der Waals surface area contributed by atoms with E-state index < -0.39 is 57.9 Å². The molecule has 0 saturated carbocycles. The maximum absolute atomic E-state index is 13.8. The Morgan fingerprint density at radius 2 is 1.78 bits per heavy atom. The van der Waals surface area contributed by atoms with Crippen LogP contribution in [0.3, 0.4) is 0 Å². The Labute approximate surface area is 369 Å². The summed E-state index contributed by atoms with van der Waals surface area (Å²) in [5.74, 6) is -0.455. The number of alkyl carbamates (subject to hydrolysis) is 1. The summed E-state index contributed by atoms with van der Waals surface area (Å²) in [4.78, 5) is 56.0. The number of fused-ring (bicyclic) bond motifs is 2. The van der Waals surface area contributed by atoms with Crippen molar-refractivity contribution in [2.75, 3.05) is 26.3 Å². The van der Waals surface area contributed by atoms with E-state index in [1.165, 1.54) is 16.6 Å². The van der Waals surface area contributed by atoms with Crippen molar-refractivity contribution in [3.8, 4) is 5.75 Å². The second-order valence-corrected chi connectivity index (χ2v) is 19.8. The van der Waals surface area contributed by atoms with Gasteiger partial charge in [-0.3, -0.25) is 14.4 Å². The molecule has 5 atom stereocenters. The molecular weight excluding hydrogens is 861 g/mol. The number of aliphatic hydroxyl groups excluding tert-OH is 1. The van der Waals surface area contributed by atoms with E-state index in [0.717, 1.165) is 22.7 Å². The minimum Gasteiger partial charge on any atom is -0.487 e. The van der Waals surface area contributed by atoms with E-state index in [-0.39, 0.29) is 62.0 Å². The molecule has 3 fully saturated rings. The lowest BCUT2D eigenvalue weighted by Gasteiger charge is -2.31. The number of furan rings is 1. The molecule has 2 N–H and O–H groups in total. The van der Waals surface area contributed by atoms with Crippen molar-refractivity contribution in [3.63, 3.8) is 0 Å². The lowest BCUT2D eigenvalue weighted by atomic mass is 10.0. The van der Waals surface area contributed by atoms with Crippen molar-refractivity contribution in [3.05, 3.63) is 76.4 Å². The van der Waals surface area contributed by atoms with Gasteiger partial charge < -0.3 is 38.5 Å². The van der Waals surface area contributed by atoms with Crippen LogP contribution in [-0.2, 0) is 56.4 Å². The monoisotopic (exact) mass is 914 g/mol. The highest BCUT2D eigenvalue weighted by atomic mass is 32.2. The number of aliphatic hydroxyl groups is 1. The van der Waals surface area contributed by atoms with Crippen molar-refractivity contribution in [2.45, 2.75) is 109 Å². The predicted octanol–water partition coefficient (Wildman–Crippen LogP) is 5.89. The highest BCUT2D eigenvalue weighted by Gasteiger charge is 2.45. The van der Waals surface area contributed by atoms with Crippen LogP contribution in [0.1, 0.15) is 70.1 Å². The van der Waals surface area contributed by atoms with E-state index in [0.29, 0.717) is 35.0 Å². The first-order chi connectivity index (χ1) is 29.8. The molecule has 5 heterocycles. The van der Waals surface area contributed by atoms with Gasteiger partial charge in [0.1, 0.15) is 29.6 Å². The van der Waals surface area contributed by atoms with Crippen LogP contribution in [0.5, 0.6) is 5.75 Å². The van der Waals surface area contributed by atoms with Crippen molar-refractivity contribution in [1.82, 2.24) is 19.7 Å². The average molecular weight is 915 g/mol. The van der Waals surface area contributed by atoms with Crippen molar-refractivity contribution in [1.29, 1.82) is 0 Å². The molecule has 7 rings (SSSR count). The molecule has 342 valence electrons. The lowest BCUT2D eigenvalue weighted by molar-refractivity contribution is -0.179. The molecule has 18 nitrogen and oxygen atoms in total. The molecule has 4 aromatic rings. The molecule has 3 aliphatic rings. The van der Waals surface area contributed by atoms with Crippen LogP contribution in [0, 0.1) is 18.8 Å². The molecule has 3 aliphatic heterocycles. The van der Waals surface area contributed by atoms with E-state index in [9.17, 15) is 32.7 Å². The minimum absolute atomic E-state index is 0.0162. The molecule has 0 aliphatic carbocycles. The zero-order valence-corrected chi connectivity index (χ0v) is 37.6. The van der Waals surface area contributed by atoms with Crippen molar-refractivity contribution in [2.24, 2.45) is 11.8 Å². The van der Waals surface area contributed by atoms with Crippen LogP contribution in [0.15, 0.2) is 69.5 Å². The number of aryl methyl sites for hydroxylation is 1. The Hall–Kier alpha value is -5.12. The Morgan fingerprint density at radius 1 is 1.05 bits per heavy atom. The van der Waals surface area contributed by atoms with Gasteiger partial charge in [0, 0.05) is 36.7 Å². The molecular formula is C43H54N4O14S2. The van der Waals surface area contributed by atoms with Gasteiger partial charge >= 0.3 is 12.2 Å². The topological polar surface area (TPSA) is 223 Å². The van der Waals surface area contributed by atoms with Gasteiger partial charge in [-0.2, -0.15) is 4.31 Å². The van der Waals surface area contributed by atoms with E-state index in [2.05, 4.69) is 15.1 Å².